The quantitative estimate of drug-likeness (QED) is 0.868. The van der Waals surface area contributed by atoms with Crippen LogP contribution in [0.1, 0.15) is 37.8 Å². The highest BCUT2D eigenvalue weighted by Crippen LogP contribution is 2.49. The molecule has 0 aliphatic carbocycles. The molecule has 2 unspecified atom stereocenters. The molecule has 0 radical (unpaired) electrons. The van der Waals surface area contributed by atoms with Gasteiger partial charge in [-0.05, 0) is 37.8 Å². The molecule has 4 nitrogen and oxygen atoms in total. The van der Waals surface area contributed by atoms with Crippen molar-refractivity contribution in [3.8, 4) is 0 Å². The van der Waals surface area contributed by atoms with Gasteiger partial charge in [0.2, 0.25) is 0 Å². The molecule has 4 heterocycles. The van der Waals surface area contributed by atoms with Crippen molar-refractivity contribution < 1.29 is 5.11 Å². The Morgan fingerprint density at radius 2 is 2.11 bits per heavy atom. The van der Waals surface area contributed by atoms with E-state index >= 15 is 0 Å². The first-order chi connectivity index (χ1) is 9.24. The van der Waals surface area contributed by atoms with Crippen LogP contribution in [0.4, 0.5) is 0 Å². The smallest absolute Gasteiger partial charge is 0.153 e. The molecule has 2 aliphatic heterocycles. The van der Waals surface area contributed by atoms with Crippen molar-refractivity contribution in [2.45, 2.75) is 48.2 Å². The van der Waals surface area contributed by atoms with Crippen LogP contribution in [0.5, 0.6) is 0 Å². The maximum Gasteiger partial charge on any atom is 0.153 e. The van der Waals surface area contributed by atoms with Crippen molar-refractivity contribution in [3.63, 3.8) is 0 Å². The van der Waals surface area contributed by atoms with Crippen LogP contribution >= 0.6 is 11.8 Å². The molecular weight excluding hydrogens is 258 g/mol. The summed E-state index contributed by atoms with van der Waals surface area (Å²) in [6, 6.07) is 3.81. The first kappa shape index (κ1) is 11.7. The van der Waals surface area contributed by atoms with Gasteiger partial charge in [-0.1, -0.05) is 6.42 Å². The molecule has 0 saturated carbocycles. The molecule has 2 fully saturated rings. The summed E-state index contributed by atoms with van der Waals surface area (Å²) < 4.78 is 1.80. The molecule has 0 amide bonds. The molecule has 2 aliphatic rings. The van der Waals surface area contributed by atoms with Crippen molar-refractivity contribution in [1.29, 1.82) is 0 Å². The predicted octanol–water partition coefficient (Wildman–Crippen LogP) is 2.37. The van der Waals surface area contributed by atoms with E-state index in [1.54, 1.807) is 16.9 Å². The minimum absolute atomic E-state index is 0.590. The van der Waals surface area contributed by atoms with Crippen molar-refractivity contribution in [1.82, 2.24) is 14.6 Å². The zero-order valence-electron chi connectivity index (χ0n) is 10.7. The summed E-state index contributed by atoms with van der Waals surface area (Å²) in [5.74, 6) is 0. The van der Waals surface area contributed by atoms with Gasteiger partial charge in [0.25, 0.3) is 0 Å². The summed E-state index contributed by atoms with van der Waals surface area (Å²) in [4.78, 5) is 4.37. The van der Waals surface area contributed by atoms with Crippen LogP contribution in [0.25, 0.3) is 5.65 Å². The molecule has 5 heteroatoms. The summed E-state index contributed by atoms with van der Waals surface area (Å²) in [6.07, 6.45) is 8.98. The van der Waals surface area contributed by atoms with E-state index in [1.807, 2.05) is 12.1 Å². The number of aromatic nitrogens is 3. The van der Waals surface area contributed by atoms with E-state index in [2.05, 4.69) is 21.8 Å². The maximum absolute atomic E-state index is 11.1. The number of nitrogens with zero attached hydrogens (tertiary/aromatic N) is 3. The van der Waals surface area contributed by atoms with E-state index < -0.39 is 5.60 Å². The monoisotopic (exact) mass is 275 g/mol. The van der Waals surface area contributed by atoms with Gasteiger partial charge in [-0.3, -0.25) is 0 Å². The standard InChI is InChI=1S/C14H17N3OS/c18-14(7-10-3-1-4-11(8-14)19-10)12-9-15-13-5-2-6-16-17(12)13/h2,5-6,9-11,18H,1,3-4,7-8H2. The van der Waals surface area contributed by atoms with E-state index in [0.29, 0.717) is 10.5 Å². The molecule has 0 spiro atoms. The molecule has 2 bridgehead atoms. The summed E-state index contributed by atoms with van der Waals surface area (Å²) in [6.45, 7) is 0. The van der Waals surface area contributed by atoms with Gasteiger partial charge in [-0.2, -0.15) is 16.9 Å². The van der Waals surface area contributed by atoms with E-state index in [-0.39, 0.29) is 0 Å². The Hall–Kier alpha value is -1.07. The molecule has 2 saturated heterocycles. The molecule has 4 rings (SSSR count). The van der Waals surface area contributed by atoms with Crippen molar-refractivity contribution in [2.75, 3.05) is 0 Å². The molecule has 2 atom stereocenters. The highest BCUT2D eigenvalue weighted by Gasteiger charge is 2.44. The fraction of sp³-hybridized carbons (Fsp3) is 0.571. The molecule has 100 valence electrons. The SMILES string of the molecule is OC1(c2cnc3cccnn23)CC2CCCC(C1)S2. The summed E-state index contributed by atoms with van der Waals surface area (Å²) in [5, 5.41) is 16.6. The number of rotatable bonds is 1. The Morgan fingerprint density at radius 1 is 1.32 bits per heavy atom. The second-order valence-corrected chi connectivity index (χ2v) is 7.29. The fourth-order valence-corrected chi connectivity index (χ4v) is 5.37. The number of hydrogen-bond donors (Lipinski definition) is 1. The fourth-order valence-electron chi connectivity index (χ4n) is 3.47. The maximum atomic E-state index is 11.1. The van der Waals surface area contributed by atoms with Gasteiger partial charge in [-0.15, -0.1) is 0 Å². The van der Waals surface area contributed by atoms with Crippen molar-refractivity contribution in [2.24, 2.45) is 0 Å². The number of imidazole rings is 1. The third kappa shape index (κ3) is 1.87. The van der Waals surface area contributed by atoms with Crippen LogP contribution in [-0.2, 0) is 5.60 Å². The van der Waals surface area contributed by atoms with Crippen LogP contribution in [0, 0.1) is 0 Å². The Morgan fingerprint density at radius 3 is 2.89 bits per heavy atom. The lowest BCUT2D eigenvalue weighted by atomic mass is 9.83. The van der Waals surface area contributed by atoms with Crippen LogP contribution in [0.2, 0.25) is 0 Å². The highest BCUT2D eigenvalue weighted by molar-refractivity contribution is 8.00. The zero-order valence-corrected chi connectivity index (χ0v) is 11.5. The second kappa shape index (κ2) is 4.21. The zero-order chi connectivity index (χ0) is 12.9. The largest absolute Gasteiger partial charge is 0.383 e. The topological polar surface area (TPSA) is 50.4 Å². The second-order valence-electron chi connectivity index (χ2n) is 5.69. The lowest BCUT2D eigenvalue weighted by Crippen LogP contribution is -2.41. The molecule has 1 N–H and O–H groups in total. The first-order valence-electron chi connectivity index (χ1n) is 6.92. The summed E-state index contributed by atoms with van der Waals surface area (Å²) in [5.41, 5.74) is 0.920. The van der Waals surface area contributed by atoms with Gasteiger partial charge in [0.1, 0.15) is 5.60 Å². The molecular formula is C14H17N3OS. The van der Waals surface area contributed by atoms with Crippen LogP contribution in [0.15, 0.2) is 24.5 Å². The molecule has 2 aromatic heterocycles. The third-order valence-electron chi connectivity index (χ3n) is 4.32. The van der Waals surface area contributed by atoms with E-state index in [4.69, 9.17) is 0 Å². The number of thioether (sulfide) groups is 1. The average molecular weight is 275 g/mol. The van der Waals surface area contributed by atoms with Crippen LogP contribution in [-0.4, -0.2) is 30.2 Å². The number of fused-ring (bicyclic) bond motifs is 3. The Kier molecular flexibility index (Phi) is 2.60. The van der Waals surface area contributed by atoms with Gasteiger partial charge >= 0.3 is 0 Å². The summed E-state index contributed by atoms with van der Waals surface area (Å²) in [7, 11) is 0. The Balaban J connectivity index is 1.78. The molecule has 19 heavy (non-hydrogen) atoms. The minimum atomic E-state index is -0.755. The first-order valence-corrected chi connectivity index (χ1v) is 7.86. The van der Waals surface area contributed by atoms with Gasteiger partial charge < -0.3 is 5.11 Å². The number of hydrogen-bond acceptors (Lipinski definition) is 4. The van der Waals surface area contributed by atoms with Crippen molar-refractivity contribution in [3.05, 3.63) is 30.2 Å². The lowest BCUT2D eigenvalue weighted by Gasteiger charge is -2.43. The van der Waals surface area contributed by atoms with Gasteiger partial charge in [0.05, 0.1) is 11.9 Å². The normalized spacial score (nSPS) is 34.6. The number of aliphatic hydroxyl groups is 1. The van der Waals surface area contributed by atoms with E-state index in [1.165, 1.54) is 19.3 Å². The Bertz CT molecular complexity index is 600. The van der Waals surface area contributed by atoms with Gasteiger partial charge in [0.15, 0.2) is 5.65 Å². The van der Waals surface area contributed by atoms with Crippen LogP contribution in [0.3, 0.4) is 0 Å². The predicted molar refractivity (Wildman–Crippen MR) is 75.1 cm³/mol. The average Bonchev–Trinajstić information content (AvgIpc) is 2.82. The van der Waals surface area contributed by atoms with E-state index in [0.717, 1.165) is 24.2 Å². The van der Waals surface area contributed by atoms with Crippen LogP contribution < -0.4 is 0 Å². The Labute approximate surface area is 116 Å². The van der Waals surface area contributed by atoms with Crippen molar-refractivity contribution >= 4 is 17.4 Å². The van der Waals surface area contributed by atoms with Gasteiger partial charge in [-0.25, -0.2) is 9.50 Å². The van der Waals surface area contributed by atoms with Gasteiger partial charge in [0, 0.05) is 16.7 Å². The lowest BCUT2D eigenvalue weighted by molar-refractivity contribution is 0.00241. The third-order valence-corrected chi connectivity index (χ3v) is 5.90. The molecule has 2 aromatic rings. The summed E-state index contributed by atoms with van der Waals surface area (Å²) >= 11 is 2.07. The highest BCUT2D eigenvalue weighted by atomic mass is 32.2. The minimum Gasteiger partial charge on any atom is -0.383 e. The molecule has 0 aromatic carbocycles. The van der Waals surface area contributed by atoms with E-state index in [9.17, 15) is 5.11 Å².